The largest absolute Gasteiger partial charge is 0.343 e. The third-order valence-corrected chi connectivity index (χ3v) is 5.61. The molecule has 0 radical (unpaired) electrons. The van der Waals surface area contributed by atoms with Gasteiger partial charge in [-0.2, -0.15) is 0 Å². The zero-order chi connectivity index (χ0) is 14.4. The van der Waals surface area contributed by atoms with Crippen molar-refractivity contribution in [3.05, 3.63) is 0 Å². The van der Waals surface area contributed by atoms with Crippen molar-refractivity contribution in [2.45, 2.75) is 76.7 Å². The first-order valence-electron chi connectivity index (χ1n) is 8.66. The van der Waals surface area contributed by atoms with Gasteiger partial charge in [0, 0.05) is 25.0 Å². The average molecular weight is 280 g/mol. The number of carbonyl (C=O) groups is 1. The van der Waals surface area contributed by atoms with Crippen LogP contribution in [0.5, 0.6) is 0 Å². The summed E-state index contributed by atoms with van der Waals surface area (Å²) in [5.41, 5.74) is 0.0891. The van der Waals surface area contributed by atoms with Crippen LogP contribution < -0.4 is 5.32 Å². The van der Waals surface area contributed by atoms with E-state index in [1.807, 2.05) is 7.05 Å². The average Bonchev–Trinajstić information content (AvgIpc) is 2.73. The van der Waals surface area contributed by atoms with Crippen molar-refractivity contribution in [2.75, 3.05) is 20.1 Å². The molecule has 20 heavy (non-hydrogen) atoms. The molecule has 0 spiro atoms. The Balaban J connectivity index is 1.89. The lowest BCUT2D eigenvalue weighted by molar-refractivity contribution is -0.133. The van der Waals surface area contributed by atoms with Crippen molar-refractivity contribution < 1.29 is 4.79 Å². The predicted molar refractivity (Wildman–Crippen MR) is 83.7 cm³/mol. The molecule has 3 nitrogen and oxygen atoms in total. The van der Waals surface area contributed by atoms with E-state index in [4.69, 9.17) is 0 Å². The molecule has 0 aromatic heterocycles. The number of likely N-dealkylation sites (tertiary alicyclic amines) is 1. The highest BCUT2D eigenvalue weighted by molar-refractivity contribution is 5.77. The molecule has 0 aromatic carbocycles. The second-order valence-electron chi connectivity index (χ2n) is 6.85. The molecule has 3 heteroatoms. The van der Waals surface area contributed by atoms with Gasteiger partial charge in [0.25, 0.3) is 0 Å². The number of hydrogen-bond acceptors (Lipinski definition) is 2. The Morgan fingerprint density at radius 2 is 1.90 bits per heavy atom. The number of nitrogens with zero attached hydrogens (tertiary/aromatic N) is 1. The van der Waals surface area contributed by atoms with Gasteiger partial charge < -0.3 is 10.2 Å². The first-order valence-corrected chi connectivity index (χ1v) is 8.66. The summed E-state index contributed by atoms with van der Waals surface area (Å²) in [6, 6.07) is 0. The maximum Gasteiger partial charge on any atom is 0.224 e. The summed E-state index contributed by atoms with van der Waals surface area (Å²) in [4.78, 5) is 14.8. The third kappa shape index (κ3) is 3.97. The van der Waals surface area contributed by atoms with E-state index in [-0.39, 0.29) is 5.54 Å². The van der Waals surface area contributed by atoms with Crippen molar-refractivity contribution in [1.82, 2.24) is 10.2 Å². The molecule has 1 heterocycles. The van der Waals surface area contributed by atoms with Crippen LogP contribution in [0.25, 0.3) is 0 Å². The second kappa shape index (κ2) is 7.44. The van der Waals surface area contributed by atoms with Gasteiger partial charge in [0.05, 0.1) is 0 Å². The Labute approximate surface area is 124 Å². The van der Waals surface area contributed by atoms with Gasteiger partial charge >= 0.3 is 0 Å². The summed E-state index contributed by atoms with van der Waals surface area (Å²) in [5.74, 6) is 1.22. The Morgan fingerprint density at radius 1 is 1.15 bits per heavy atom. The van der Waals surface area contributed by atoms with Crippen LogP contribution in [0.4, 0.5) is 0 Å². The SMILES string of the molecule is CCC1CCCN(C(=O)CC2(NC)CCCCC2)CC1. The summed E-state index contributed by atoms with van der Waals surface area (Å²) >= 11 is 0. The van der Waals surface area contributed by atoms with Crippen LogP contribution in [0.2, 0.25) is 0 Å². The minimum Gasteiger partial charge on any atom is -0.343 e. The molecular formula is C17H32N2O. The quantitative estimate of drug-likeness (QED) is 0.856. The van der Waals surface area contributed by atoms with Gasteiger partial charge in [0.2, 0.25) is 5.91 Å². The standard InChI is InChI=1S/C17H32N2O/c1-3-15-8-7-12-19(13-9-15)16(20)14-17(18-2)10-5-4-6-11-17/h15,18H,3-14H2,1-2H3. The van der Waals surface area contributed by atoms with Crippen molar-refractivity contribution in [1.29, 1.82) is 0 Å². The fourth-order valence-electron chi connectivity index (χ4n) is 3.97. The van der Waals surface area contributed by atoms with E-state index in [0.29, 0.717) is 12.3 Å². The highest BCUT2D eigenvalue weighted by Crippen LogP contribution is 2.31. The van der Waals surface area contributed by atoms with Gasteiger partial charge in [-0.3, -0.25) is 4.79 Å². The molecule has 116 valence electrons. The molecule has 1 saturated carbocycles. The lowest BCUT2D eigenvalue weighted by Gasteiger charge is -2.38. The molecule has 0 aromatic rings. The maximum absolute atomic E-state index is 12.7. The summed E-state index contributed by atoms with van der Waals surface area (Å²) in [6.07, 6.45) is 11.9. The lowest BCUT2D eigenvalue weighted by Crippen LogP contribution is -2.49. The van der Waals surface area contributed by atoms with E-state index in [1.54, 1.807) is 0 Å². The number of carbonyl (C=O) groups excluding carboxylic acids is 1. The Bertz CT molecular complexity index is 310. The van der Waals surface area contributed by atoms with Crippen molar-refractivity contribution >= 4 is 5.91 Å². The molecule has 2 rings (SSSR count). The van der Waals surface area contributed by atoms with E-state index < -0.39 is 0 Å². The third-order valence-electron chi connectivity index (χ3n) is 5.61. The van der Waals surface area contributed by atoms with Crippen molar-refractivity contribution in [2.24, 2.45) is 5.92 Å². The van der Waals surface area contributed by atoms with Gasteiger partial charge in [0.1, 0.15) is 0 Å². The molecule has 1 aliphatic heterocycles. The Hall–Kier alpha value is -0.570. The van der Waals surface area contributed by atoms with E-state index in [9.17, 15) is 4.79 Å². The van der Waals surface area contributed by atoms with Crippen LogP contribution in [-0.2, 0) is 4.79 Å². The normalized spacial score (nSPS) is 27.1. The molecule has 0 bridgehead atoms. The van der Waals surface area contributed by atoms with Gasteiger partial charge in [-0.25, -0.2) is 0 Å². The minimum atomic E-state index is 0.0891. The van der Waals surface area contributed by atoms with Crippen LogP contribution in [0.1, 0.15) is 71.1 Å². The Morgan fingerprint density at radius 3 is 2.55 bits per heavy atom. The summed E-state index contributed by atoms with van der Waals surface area (Å²) in [7, 11) is 2.04. The van der Waals surface area contributed by atoms with E-state index in [0.717, 1.165) is 19.0 Å². The molecule has 1 amide bonds. The highest BCUT2D eigenvalue weighted by Gasteiger charge is 2.34. The zero-order valence-corrected chi connectivity index (χ0v) is 13.4. The molecule has 1 unspecified atom stereocenters. The van der Waals surface area contributed by atoms with Gasteiger partial charge in [-0.1, -0.05) is 32.6 Å². The first kappa shape index (κ1) is 15.8. The molecule has 1 N–H and O–H groups in total. The molecular weight excluding hydrogens is 248 g/mol. The van der Waals surface area contributed by atoms with Crippen LogP contribution >= 0.6 is 0 Å². The molecule has 1 atom stereocenters. The van der Waals surface area contributed by atoms with Gasteiger partial charge in [0.15, 0.2) is 0 Å². The summed E-state index contributed by atoms with van der Waals surface area (Å²) in [5, 5.41) is 3.48. The number of hydrogen-bond donors (Lipinski definition) is 1. The van der Waals surface area contributed by atoms with E-state index in [1.165, 1.54) is 57.8 Å². The minimum absolute atomic E-state index is 0.0891. The fourth-order valence-corrected chi connectivity index (χ4v) is 3.97. The van der Waals surface area contributed by atoms with E-state index in [2.05, 4.69) is 17.1 Å². The molecule has 1 aliphatic carbocycles. The topological polar surface area (TPSA) is 32.3 Å². The number of nitrogens with one attached hydrogen (secondary N) is 1. The maximum atomic E-state index is 12.7. The van der Waals surface area contributed by atoms with Crippen molar-refractivity contribution in [3.63, 3.8) is 0 Å². The molecule has 1 saturated heterocycles. The smallest absolute Gasteiger partial charge is 0.224 e. The van der Waals surface area contributed by atoms with Crippen LogP contribution in [0.3, 0.4) is 0 Å². The highest BCUT2D eigenvalue weighted by atomic mass is 16.2. The summed E-state index contributed by atoms with van der Waals surface area (Å²) < 4.78 is 0. The van der Waals surface area contributed by atoms with E-state index >= 15 is 0 Å². The predicted octanol–water partition coefficient (Wildman–Crippen LogP) is 3.34. The number of amides is 1. The summed E-state index contributed by atoms with van der Waals surface area (Å²) in [6.45, 7) is 4.24. The second-order valence-corrected chi connectivity index (χ2v) is 6.85. The monoisotopic (exact) mass is 280 g/mol. The molecule has 2 aliphatic rings. The molecule has 2 fully saturated rings. The first-order chi connectivity index (χ1) is 9.69. The lowest BCUT2D eigenvalue weighted by atomic mass is 9.79. The Kier molecular flexibility index (Phi) is 5.88. The van der Waals surface area contributed by atoms with Crippen LogP contribution in [0, 0.1) is 5.92 Å². The van der Waals surface area contributed by atoms with Gasteiger partial charge in [-0.05, 0) is 45.1 Å². The van der Waals surface area contributed by atoms with Crippen LogP contribution in [-0.4, -0.2) is 36.5 Å². The van der Waals surface area contributed by atoms with Crippen molar-refractivity contribution in [3.8, 4) is 0 Å². The van der Waals surface area contributed by atoms with Crippen LogP contribution in [0.15, 0.2) is 0 Å². The zero-order valence-electron chi connectivity index (χ0n) is 13.4. The number of rotatable bonds is 4. The fraction of sp³-hybridized carbons (Fsp3) is 0.941. The van der Waals surface area contributed by atoms with Gasteiger partial charge in [-0.15, -0.1) is 0 Å².